The first kappa shape index (κ1) is 17.8. The maximum atomic E-state index is 13.3. The van der Waals surface area contributed by atoms with Crippen molar-refractivity contribution in [3.63, 3.8) is 0 Å². The molecule has 0 aliphatic heterocycles. The van der Waals surface area contributed by atoms with Crippen molar-refractivity contribution in [2.75, 3.05) is 0 Å². The van der Waals surface area contributed by atoms with Crippen LogP contribution in [0.1, 0.15) is 5.56 Å². The number of hydrogen-bond donors (Lipinski definition) is 0. The fourth-order valence-electron chi connectivity index (χ4n) is 1.84. The standard InChI is InChI=1S/C15H9Cl2F3O2S/c16-11-6-10(7-12(17)8-11)14(15(18,19)20)9-23(21,22)13-4-2-1-3-5-13/h1-9H/b14-9-. The Morgan fingerprint density at radius 3 is 1.96 bits per heavy atom. The molecular formula is C15H9Cl2F3O2S. The molecule has 0 bridgehead atoms. The van der Waals surface area contributed by atoms with E-state index >= 15 is 0 Å². The number of alkyl halides is 3. The third-order valence-electron chi connectivity index (χ3n) is 2.82. The minimum absolute atomic E-state index is 0.0280. The van der Waals surface area contributed by atoms with E-state index in [1.807, 2.05) is 0 Å². The highest BCUT2D eigenvalue weighted by molar-refractivity contribution is 7.94. The van der Waals surface area contributed by atoms with Gasteiger partial charge in [0, 0.05) is 15.5 Å². The van der Waals surface area contributed by atoms with Crippen molar-refractivity contribution in [2.24, 2.45) is 0 Å². The van der Waals surface area contributed by atoms with Crippen LogP contribution in [-0.4, -0.2) is 14.6 Å². The van der Waals surface area contributed by atoms with Crippen molar-refractivity contribution in [2.45, 2.75) is 11.1 Å². The summed E-state index contributed by atoms with van der Waals surface area (Å²) in [6.07, 6.45) is -4.89. The van der Waals surface area contributed by atoms with Gasteiger partial charge in [-0.3, -0.25) is 0 Å². The van der Waals surface area contributed by atoms with Gasteiger partial charge in [0.1, 0.15) is 0 Å². The highest BCUT2D eigenvalue weighted by atomic mass is 35.5. The number of allylic oxidation sites excluding steroid dienone is 1. The summed E-state index contributed by atoms with van der Waals surface area (Å²) in [5.41, 5.74) is -1.76. The second-order valence-electron chi connectivity index (χ2n) is 4.55. The first-order chi connectivity index (χ1) is 10.6. The molecule has 122 valence electrons. The summed E-state index contributed by atoms with van der Waals surface area (Å²) in [5, 5.41) is 0.129. The van der Waals surface area contributed by atoms with Gasteiger partial charge in [-0.25, -0.2) is 8.42 Å². The molecule has 2 aromatic rings. The number of benzene rings is 2. The van der Waals surface area contributed by atoms with Gasteiger partial charge in [-0.1, -0.05) is 41.4 Å². The van der Waals surface area contributed by atoms with Crippen molar-refractivity contribution in [3.8, 4) is 0 Å². The molecule has 0 radical (unpaired) electrons. The largest absolute Gasteiger partial charge is 0.417 e. The van der Waals surface area contributed by atoms with E-state index in [2.05, 4.69) is 0 Å². The predicted molar refractivity (Wildman–Crippen MR) is 84.1 cm³/mol. The average molecular weight is 381 g/mol. The summed E-state index contributed by atoms with van der Waals surface area (Å²) in [4.78, 5) is -0.241. The Hall–Kier alpha value is -1.50. The van der Waals surface area contributed by atoms with Gasteiger partial charge in [-0.05, 0) is 35.9 Å². The summed E-state index contributed by atoms with van der Waals surface area (Å²) in [6.45, 7) is 0. The van der Waals surface area contributed by atoms with Crippen LogP contribution in [0.2, 0.25) is 10.0 Å². The third kappa shape index (κ3) is 4.50. The van der Waals surface area contributed by atoms with Crippen molar-refractivity contribution >= 4 is 38.6 Å². The van der Waals surface area contributed by atoms with Crippen LogP contribution in [0.4, 0.5) is 13.2 Å². The fourth-order valence-corrected chi connectivity index (χ4v) is 3.62. The number of rotatable bonds is 3. The van der Waals surface area contributed by atoms with E-state index in [0.717, 1.165) is 12.1 Å². The van der Waals surface area contributed by atoms with Crippen LogP contribution in [-0.2, 0) is 9.84 Å². The second kappa shape index (κ2) is 6.55. The first-order valence-electron chi connectivity index (χ1n) is 6.15. The highest BCUT2D eigenvalue weighted by Crippen LogP contribution is 2.37. The Balaban J connectivity index is 2.65. The van der Waals surface area contributed by atoms with Gasteiger partial charge in [0.25, 0.3) is 0 Å². The Morgan fingerprint density at radius 1 is 0.957 bits per heavy atom. The lowest BCUT2D eigenvalue weighted by Crippen LogP contribution is -2.13. The maximum Gasteiger partial charge on any atom is 0.417 e. The molecule has 0 unspecified atom stereocenters. The molecule has 0 aliphatic carbocycles. The van der Waals surface area contributed by atoms with Gasteiger partial charge in [-0.15, -0.1) is 0 Å². The van der Waals surface area contributed by atoms with Crippen LogP contribution in [0.5, 0.6) is 0 Å². The molecule has 2 nitrogen and oxygen atoms in total. The van der Waals surface area contributed by atoms with Gasteiger partial charge in [0.2, 0.25) is 0 Å². The summed E-state index contributed by atoms with van der Waals surface area (Å²) >= 11 is 11.4. The zero-order chi connectivity index (χ0) is 17.3. The van der Waals surface area contributed by atoms with E-state index < -0.39 is 27.2 Å². The van der Waals surface area contributed by atoms with Gasteiger partial charge >= 0.3 is 6.18 Å². The minimum Gasteiger partial charge on any atom is -0.219 e. The second-order valence-corrected chi connectivity index (χ2v) is 7.22. The van der Waals surface area contributed by atoms with E-state index in [0.29, 0.717) is 0 Å². The van der Waals surface area contributed by atoms with E-state index in [4.69, 9.17) is 23.2 Å². The van der Waals surface area contributed by atoms with Crippen LogP contribution in [0, 0.1) is 0 Å². The van der Waals surface area contributed by atoms with Crippen molar-refractivity contribution in [1.29, 1.82) is 0 Å². The average Bonchev–Trinajstić information content (AvgIpc) is 2.43. The van der Waals surface area contributed by atoms with Crippen LogP contribution >= 0.6 is 23.2 Å². The van der Waals surface area contributed by atoms with Gasteiger partial charge in [0.15, 0.2) is 9.84 Å². The lowest BCUT2D eigenvalue weighted by Gasteiger charge is -2.13. The lowest BCUT2D eigenvalue weighted by molar-refractivity contribution is -0.0688. The quantitative estimate of drug-likeness (QED) is 0.716. The van der Waals surface area contributed by atoms with Crippen LogP contribution in [0.25, 0.3) is 5.57 Å². The highest BCUT2D eigenvalue weighted by Gasteiger charge is 2.36. The maximum absolute atomic E-state index is 13.3. The van der Waals surface area contributed by atoms with Crippen LogP contribution < -0.4 is 0 Å². The number of hydrogen-bond acceptors (Lipinski definition) is 2. The Labute approximate surface area is 141 Å². The molecule has 2 aromatic carbocycles. The molecule has 0 amide bonds. The van der Waals surface area contributed by atoms with E-state index in [9.17, 15) is 21.6 Å². The summed E-state index contributed by atoms with van der Waals surface area (Å²) < 4.78 is 64.3. The molecule has 0 heterocycles. The SMILES string of the molecule is O=S(=O)(/C=C(/c1cc(Cl)cc(Cl)c1)C(F)(F)F)c1ccccc1. The molecule has 0 aromatic heterocycles. The molecule has 8 heteroatoms. The van der Waals surface area contributed by atoms with Crippen LogP contribution in [0.3, 0.4) is 0 Å². The molecule has 0 atom stereocenters. The molecular weight excluding hydrogens is 372 g/mol. The summed E-state index contributed by atoms with van der Waals surface area (Å²) in [7, 11) is -4.28. The molecule has 2 rings (SSSR count). The summed E-state index contributed by atoms with van der Waals surface area (Å²) in [5.74, 6) is 0. The van der Waals surface area contributed by atoms with E-state index in [1.54, 1.807) is 6.07 Å². The Bertz CT molecular complexity index is 825. The minimum atomic E-state index is -4.89. The number of halogens is 5. The smallest absolute Gasteiger partial charge is 0.219 e. The van der Waals surface area contributed by atoms with Gasteiger partial charge in [0.05, 0.1) is 10.5 Å². The lowest BCUT2D eigenvalue weighted by atomic mass is 10.1. The van der Waals surface area contributed by atoms with E-state index in [-0.39, 0.29) is 20.3 Å². The Morgan fingerprint density at radius 2 is 1.48 bits per heavy atom. The molecule has 0 fully saturated rings. The number of sulfone groups is 1. The topological polar surface area (TPSA) is 34.1 Å². The molecule has 0 saturated heterocycles. The monoisotopic (exact) mass is 380 g/mol. The van der Waals surface area contributed by atoms with Gasteiger partial charge in [-0.2, -0.15) is 13.2 Å². The third-order valence-corrected chi connectivity index (χ3v) is 4.74. The molecule has 23 heavy (non-hydrogen) atoms. The van der Waals surface area contributed by atoms with Crippen molar-refractivity contribution < 1.29 is 21.6 Å². The summed E-state index contributed by atoms with van der Waals surface area (Å²) in [6, 6.07) is 10.1. The molecule has 0 N–H and O–H groups in total. The molecule has 0 aliphatic rings. The molecule has 0 saturated carbocycles. The predicted octanol–water partition coefficient (Wildman–Crippen LogP) is 5.37. The first-order valence-corrected chi connectivity index (χ1v) is 8.45. The normalized spacial score (nSPS) is 13.2. The van der Waals surface area contributed by atoms with Gasteiger partial charge < -0.3 is 0 Å². The Kier molecular flexibility index (Phi) is 5.08. The molecule has 0 spiro atoms. The van der Waals surface area contributed by atoms with Crippen molar-refractivity contribution in [3.05, 3.63) is 69.5 Å². The van der Waals surface area contributed by atoms with Crippen LogP contribution in [0.15, 0.2) is 58.8 Å². The van der Waals surface area contributed by atoms with Crippen molar-refractivity contribution in [1.82, 2.24) is 0 Å². The zero-order valence-corrected chi connectivity index (χ0v) is 13.6. The van der Waals surface area contributed by atoms with E-state index in [1.165, 1.54) is 30.3 Å². The fraction of sp³-hybridized carbons (Fsp3) is 0.0667. The zero-order valence-electron chi connectivity index (χ0n) is 11.3.